The van der Waals surface area contributed by atoms with Crippen LogP contribution in [0.3, 0.4) is 0 Å². The topological polar surface area (TPSA) is 44.7 Å². The number of nitrogens with zero attached hydrogens (tertiary/aromatic N) is 1. The molecule has 0 aromatic rings. The first-order chi connectivity index (χ1) is 7.66. The number of hydrogen-bond donors (Lipinski definition) is 2. The Balaban J connectivity index is 1.98. The second kappa shape index (κ2) is 7.22. The van der Waals surface area contributed by atoms with Crippen LogP contribution in [0.4, 0.5) is 0 Å². The number of rotatable bonds is 8. The molecule has 0 saturated heterocycles. The third-order valence-corrected chi connectivity index (χ3v) is 3.34. The van der Waals surface area contributed by atoms with Crippen molar-refractivity contribution in [2.45, 2.75) is 31.3 Å². The normalized spacial score (nSPS) is 19.5. The zero-order valence-electron chi connectivity index (χ0n) is 10.7. The van der Waals surface area contributed by atoms with Crippen LogP contribution in [0.5, 0.6) is 0 Å². The molecule has 96 valence electrons. The summed E-state index contributed by atoms with van der Waals surface area (Å²) >= 11 is 0. The van der Waals surface area contributed by atoms with E-state index in [1.165, 1.54) is 12.8 Å². The summed E-state index contributed by atoms with van der Waals surface area (Å²) in [6, 6.07) is 0. The smallest absolute Gasteiger partial charge is 0.0771 e. The van der Waals surface area contributed by atoms with Gasteiger partial charge in [0, 0.05) is 33.3 Å². The third kappa shape index (κ3) is 5.25. The first-order valence-corrected chi connectivity index (χ1v) is 6.27. The van der Waals surface area contributed by atoms with Gasteiger partial charge in [-0.15, -0.1) is 0 Å². The summed E-state index contributed by atoms with van der Waals surface area (Å²) < 4.78 is 5.01. The molecule has 4 heteroatoms. The molecular weight excluding hydrogens is 204 g/mol. The fourth-order valence-corrected chi connectivity index (χ4v) is 2.16. The highest BCUT2D eigenvalue weighted by atomic mass is 16.5. The first-order valence-electron chi connectivity index (χ1n) is 6.27. The molecule has 1 aliphatic rings. The average molecular weight is 230 g/mol. The van der Waals surface area contributed by atoms with Crippen LogP contribution in [0.15, 0.2) is 0 Å². The van der Waals surface area contributed by atoms with Gasteiger partial charge in [-0.2, -0.15) is 0 Å². The van der Waals surface area contributed by atoms with Crippen molar-refractivity contribution >= 4 is 0 Å². The minimum Gasteiger partial charge on any atom is -0.389 e. The number of ether oxygens (including phenoxy) is 1. The molecule has 0 unspecified atom stereocenters. The summed E-state index contributed by atoms with van der Waals surface area (Å²) in [5.74, 6) is 0. The maximum atomic E-state index is 10.1. The molecule has 1 fully saturated rings. The van der Waals surface area contributed by atoms with Crippen LogP contribution in [0, 0.1) is 0 Å². The highest BCUT2D eigenvalue weighted by Gasteiger charge is 2.30. The van der Waals surface area contributed by atoms with Crippen LogP contribution in [-0.2, 0) is 4.74 Å². The van der Waals surface area contributed by atoms with Crippen LogP contribution >= 0.6 is 0 Å². The van der Waals surface area contributed by atoms with E-state index in [1.807, 2.05) is 0 Å². The van der Waals surface area contributed by atoms with Gasteiger partial charge in [-0.25, -0.2) is 0 Å². The SMILES string of the molecule is COCCN(C)CCNCC1(O)CCCC1. The molecule has 1 aliphatic carbocycles. The summed E-state index contributed by atoms with van der Waals surface area (Å²) in [4.78, 5) is 2.23. The zero-order chi connectivity index (χ0) is 11.9. The van der Waals surface area contributed by atoms with E-state index in [9.17, 15) is 5.11 Å². The molecule has 2 N–H and O–H groups in total. The Kier molecular flexibility index (Phi) is 6.28. The molecule has 0 radical (unpaired) electrons. The summed E-state index contributed by atoms with van der Waals surface area (Å²) in [7, 11) is 3.81. The lowest BCUT2D eigenvalue weighted by Crippen LogP contribution is -2.41. The Morgan fingerprint density at radius 3 is 2.62 bits per heavy atom. The Bertz CT molecular complexity index is 182. The molecule has 16 heavy (non-hydrogen) atoms. The summed E-state index contributed by atoms with van der Waals surface area (Å²) in [5, 5.41) is 13.4. The Hall–Kier alpha value is -0.160. The minimum atomic E-state index is -0.425. The van der Waals surface area contributed by atoms with Crippen molar-refractivity contribution in [3.05, 3.63) is 0 Å². The highest BCUT2D eigenvalue weighted by molar-refractivity contribution is 4.86. The van der Waals surface area contributed by atoms with Gasteiger partial charge in [0.2, 0.25) is 0 Å². The number of hydrogen-bond acceptors (Lipinski definition) is 4. The maximum Gasteiger partial charge on any atom is 0.0771 e. The van der Waals surface area contributed by atoms with Crippen molar-refractivity contribution in [1.29, 1.82) is 0 Å². The average Bonchev–Trinajstić information content (AvgIpc) is 2.69. The van der Waals surface area contributed by atoms with Crippen LogP contribution in [0.2, 0.25) is 0 Å². The second-order valence-electron chi connectivity index (χ2n) is 4.90. The minimum absolute atomic E-state index is 0.425. The van der Waals surface area contributed by atoms with Crippen molar-refractivity contribution in [1.82, 2.24) is 10.2 Å². The summed E-state index contributed by atoms with van der Waals surface area (Å²) in [6.45, 7) is 4.41. The van der Waals surface area contributed by atoms with Gasteiger partial charge >= 0.3 is 0 Å². The van der Waals surface area contributed by atoms with Gasteiger partial charge in [-0.05, 0) is 19.9 Å². The highest BCUT2D eigenvalue weighted by Crippen LogP contribution is 2.28. The molecular formula is C12H26N2O2. The van der Waals surface area contributed by atoms with Gasteiger partial charge in [0.25, 0.3) is 0 Å². The molecule has 0 atom stereocenters. The number of nitrogens with one attached hydrogen (secondary N) is 1. The molecule has 1 saturated carbocycles. The van der Waals surface area contributed by atoms with Crippen LogP contribution in [0.25, 0.3) is 0 Å². The van der Waals surface area contributed by atoms with Gasteiger partial charge in [0.05, 0.1) is 12.2 Å². The predicted molar refractivity (Wildman–Crippen MR) is 65.7 cm³/mol. The van der Waals surface area contributed by atoms with Crippen molar-refractivity contribution in [2.75, 3.05) is 46.9 Å². The van der Waals surface area contributed by atoms with Gasteiger partial charge in [-0.3, -0.25) is 0 Å². The standard InChI is InChI=1S/C12H26N2O2/c1-14(9-10-16-2)8-7-13-11-12(15)5-3-4-6-12/h13,15H,3-11H2,1-2H3. The second-order valence-corrected chi connectivity index (χ2v) is 4.90. The van der Waals surface area contributed by atoms with Crippen molar-refractivity contribution in [3.63, 3.8) is 0 Å². The number of aliphatic hydroxyl groups is 1. The molecule has 0 aromatic carbocycles. The van der Waals surface area contributed by atoms with Gasteiger partial charge < -0.3 is 20.1 Å². The monoisotopic (exact) mass is 230 g/mol. The van der Waals surface area contributed by atoms with Crippen LogP contribution < -0.4 is 5.32 Å². The molecule has 0 spiro atoms. The third-order valence-electron chi connectivity index (χ3n) is 3.34. The van der Waals surface area contributed by atoms with Gasteiger partial charge in [0.15, 0.2) is 0 Å². The number of methoxy groups -OCH3 is 1. The Morgan fingerprint density at radius 1 is 1.31 bits per heavy atom. The van der Waals surface area contributed by atoms with Crippen molar-refractivity contribution < 1.29 is 9.84 Å². The van der Waals surface area contributed by atoms with Crippen molar-refractivity contribution in [2.24, 2.45) is 0 Å². The van der Waals surface area contributed by atoms with E-state index in [-0.39, 0.29) is 0 Å². The van der Waals surface area contributed by atoms with Crippen LogP contribution in [-0.4, -0.2) is 62.6 Å². The molecule has 0 bridgehead atoms. The van der Waals surface area contributed by atoms with Gasteiger partial charge in [0.1, 0.15) is 0 Å². The van der Waals surface area contributed by atoms with Crippen LogP contribution in [0.1, 0.15) is 25.7 Å². The zero-order valence-corrected chi connectivity index (χ0v) is 10.7. The summed E-state index contributed by atoms with van der Waals surface area (Å²) in [5.41, 5.74) is -0.425. The van der Waals surface area contributed by atoms with E-state index in [1.54, 1.807) is 7.11 Å². The quantitative estimate of drug-likeness (QED) is 0.595. The Morgan fingerprint density at radius 2 is 2.00 bits per heavy atom. The molecule has 0 aliphatic heterocycles. The first kappa shape index (κ1) is 13.9. The maximum absolute atomic E-state index is 10.1. The number of likely N-dealkylation sites (N-methyl/N-ethyl adjacent to an activating group) is 1. The molecule has 1 rings (SSSR count). The van der Waals surface area contributed by atoms with E-state index < -0.39 is 5.60 Å². The molecule has 0 amide bonds. The predicted octanol–water partition coefficient (Wildman–Crippen LogP) is 0.459. The van der Waals surface area contributed by atoms with Crippen molar-refractivity contribution in [3.8, 4) is 0 Å². The molecule has 0 heterocycles. The largest absolute Gasteiger partial charge is 0.389 e. The van der Waals surface area contributed by atoms with E-state index >= 15 is 0 Å². The van der Waals surface area contributed by atoms with E-state index in [0.717, 1.165) is 45.6 Å². The van der Waals surface area contributed by atoms with E-state index in [0.29, 0.717) is 0 Å². The van der Waals surface area contributed by atoms with E-state index in [2.05, 4.69) is 17.3 Å². The lowest BCUT2D eigenvalue weighted by Gasteiger charge is -2.23. The molecule has 4 nitrogen and oxygen atoms in total. The summed E-state index contributed by atoms with van der Waals surface area (Å²) in [6.07, 6.45) is 4.26. The fourth-order valence-electron chi connectivity index (χ4n) is 2.16. The molecule has 0 aromatic heterocycles. The lowest BCUT2D eigenvalue weighted by atomic mass is 10.0. The Labute approximate surface area is 99.0 Å². The lowest BCUT2D eigenvalue weighted by molar-refractivity contribution is 0.0472. The van der Waals surface area contributed by atoms with E-state index in [4.69, 9.17) is 4.74 Å². The van der Waals surface area contributed by atoms with Gasteiger partial charge in [-0.1, -0.05) is 12.8 Å². The fraction of sp³-hybridized carbons (Fsp3) is 1.00.